The Kier molecular flexibility index (Phi) is 4.67. The van der Waals surface area contributed by atoms with Crippen molar-refractivity contribution in [3.63, 3.8) is 0 Å². The minimum Gasteiger partial charge on any atom is -0.323 e. The lowest BCUT2D eigenvalue weighted by atomic mass is 10.1. The van der Waals surface area contributed by atoms with Gasteiger partial charge in [-0.1, -0.05) is 49.4 Å². The van der Waals surface area contributed by atoms with Gasteiger partial charge in [0.15, 0.2) is 0 Å². The van der Waals surface area contributed by atoms with Crippen LogP contribution in [-0.4, -0.2) is 0 Å². The molecular formula is C15H18N2S. The first-order valence-electron chi connectivity index (χ1n) is 6.16. The van der Waals surface area contributed by atoms with Gasteiger partial charge in [0.1, 0.15) is 0 Å². The summed E-state index contributed by atoms with van der Waals surface area (Å²) >= 11 is 1.72. The number of aryl methyl sites for hydroxylation is 1. The first-order chi connectivity index (χ1) is 8.83. The van der Waals surface area contributed by atoms with Gasteiger partial charge < -0.3 is 5.43 Å². The number of nitrogens with two attached hydrogens (primary N) is 1. The van der Waals surface area contributed by atoms with Crippen molar-refractivity contribution in [1.82, 2.24) is 0 Å². The summed E-state index contributed by atoms with van der Waals surface area (Å²) in [6.07, 6.45) is 2.33. The van der Waals surface area contributed by atoms with E-state index in [1.807, 2.05) is 18.2 Å². The maximum absolute atomic E-state index is 5.50. The highest BCUT2D eigenvalue weighted by Gasteiger charge is 2.02. The second-order valence-electron chi connectivity index (χ2n) is 4.14. The molecule has 0 aromatic heterocycles. The van der Waals surface area contributed by atoms with Crippen LogP contribution in [-0.2, 0) is 6.42 Å². The molecule has 0 heterocycles. The van der Waals surface area contributed by atoms with Crippen LogP contribution in [0, 0.1) is 0 Å². The van der Waals surface area contributed by atoms with Crippen molar-refractivity contribution in [2.24, 2.45) is 5.84 Å². The van der Waals surface area contributed by atoms with Crippen molar-refractivity contribution < 1.29 is 0 Å². The van der Waals surface area contributed by atoms with Crippen molar-refractivity contribution in [2.45, 2.75) is 29.6 Å². The first kappa shape index (κ1) is 13.0. The summed E-state index contributed by atoms with van der Waals surface area (Å²) in [5, 5.41) is 0. The second-order valence-corrected chi connectivity index (χ2v) is 5.25. The van der Waals surface area contributed by atoms with Gasteiger partial charge in [-0.05, 0) is 36.2 Å². The molecule has 0 unspecified atom stereocenters. The molecule has 0 aliphatic heterocycles. The van der Waals surface area contributed by atoms with Crippen LogP contribution in [0.3, 0.4) is 0 Å². The Hall–Kier alpha value is -1.45. The molecule has 0 aliphatic rings. The van der Waals surface area contributed by atoms with Crippen LogP contribution in [0.4, 0.5) is 5.69 Å². The minimum atomic E-state index is 0.958. The third kappa shape index (κ3) is 3.28. The van der Waals surface area contributed by atoms with Crippen LogP contribution < -0.4 is 11.3 Å². The molecule has 3 heteroatoms. The third-order valence-electron chi connectivity index (χ3n) is 2.73. The van der Waals surface area contributed by atoms with Crippen molar-refractivity contribution in [3.8, 4) is 0 Å². The normalized spacial score (nSPS) is 10.3. The van der Waals surface area contributed by atoms with Crippen LogP contribution in [0.1, 0.15) is 18.9 Å². The lowest BCUT2D eigenvalue weighted by molar-refractivity contribution is 0.920. The van der Waals surface area contributed by atoms with Crippen LogP contribution in [0.25, 0.3) is 0 Å². The molecule has 0 spiro atoms. The minimum absolute atomic E-state index is 0.958. The van der Waals surface area contributed by atoms with E-state index in [0.29, 0.717) is 0 Å². The Morgan fingerprint density at radius 3 is 2.44 bits per heavy atom. The van der Waals surface area contributed by atoms with E-state index in [0.717, 1.165) is 17.0 Å². The summed E-state index contributed by atoms with van der Waals surface area (Å²) in [5.41, 5.74) is 5.08. The van der Waals surface area contributed by atoms with E-state index in [1.54, 1.807) is 11.8 Å². The maximum Gasteiger partial charge on any atom is 0.0624 e. The zero-order valence-corrected chi connectivity index (χ0v) is 11.3. The largest absolute Gasteiger partial charge is 0.323 e. The monoisotopic (exact) mass is 258 g/mol. The third-order valence-corrected chi connectivity index (χ3v) is 3.82. The van der Waals surface area contributed by atoms with Gasteiger partial charge in [-0.3, -0.25) is 5.84 Å². The summed E-state index contributed by atoms with van der Waals surface area (Å²) in [4.78, 5) is 2.38. The number of rotatable bonds is 5. The Balaban J connectivity index is 2.13. The topological polar surface area (TPSA) is 38.0 Å². The van der Waals surface area contributed by atoms with Crippen molar-refractivity contribution in [3.05, 3.63) is 54.1 Å². The van der Waals surface area contributed by atoms with E-state index in [9.17, 15) is 0 Å². The smallest absolute Gasteiger partial charge is 0.0624 e. The molecule has 0 saturated heterocycles. The SMILES string of the molecule is CCCc1ccc(Sc2ccccc2NN)cc1. The number of anilines is 1. The highest BCUT2D eigenvalue weighted by atomic mass is 32.2. The second kappa shape index (κ2) is 6.47. The predicted octanol–water partition coefficient (Wildman–Crippen LogP) is 4.08. The molecule has 0 bridgehead atoms. The summed E-state index contributed by atoms with van der Waals surface area (Å²) in [6, 6.07) is 16.8. The zero-order chi connectivity index (χ0) is 12.8. The number of hydrazine groups is 1. The molecule has 2 rings (SSSR count). The molecule has 0 radical (unpaired) electrons. The van der Waals surface area contributed by atoms with Gasteiger partial charge in [0.2, 0.25) is 0 Å². The molecule has 0 amide bonds. The Bertz CT molecular complexity index is 494. The summed E-state index contributed by atoms with van der Waals surface area (Å²) in [5.74, 6) is 5.50. The molecular weight excluding hydrogens is 240 g/mol. The molecule has 0 saturated carbocycles. The quantitative estimate of drug-likeness (QED) is 0.627. The number of nitrogen functional groups attached to an aromatic ring is 1. The van der Waals surface area contributed by atoms with Crippen LogP contribution in [0.15, 0.2) is 58.3 Å². The Labute approximate surface area is 113 Å². The highest BCUT2D eigenvalue weighted by Crippen LogP contribution is 2.32. The van der Waals surface area contributed by atoms with Crippen LogP contribution >= 0.6 is 11.8 Å². The van der Waals surface area contributed by atoms with Crippen LogP contribution in [0.5, 0.6) is 0 Å². The van der Waals surface area contributed by atoms with E-state index in [4.69, 9.17) is 5.84 Å². The predicted molar refractivity (Wildman–Crippen MR) is 78.8 cm³/mol. The van der Waals surface area contributed by atoms with Crippen molar-refractivity contribution in [1.29, 1.82) is 0 Å². The van der Waals surface area contributed by atoms with Crippen molar-refractivity contribution in [2.75, 3.05) is 5.43 Å². The fourth-order valence-corrected chi connectivity index (χ4v) is 2.72. The van der Waals surface area contributed by atoms with Crippen LogP contribution in [0.2, 0.25) is 0 Å². The molecule has 3 N–H and O–H groups in total. The van der Waals surface area contributed by atoms with Gasteiger partial charge in [-0.15, -0.1) is 0 Å². The lowest BCUT2D eigenvalue weighted by Crippen LogP contribution is -2.07. The zero-order valence-electron chi connectivity index (χ0n) is 10.5. The summed E-state index contributed by atoms with van der Waals surface area (Å²) in [7, 11) is 0. The standard InChI is InChI=1S/C15H18N2S/c1-2-5-12-8-10-13(11-9-12)18-15-7-4-3-6-14(15)17-16/h3-4,6-11,17H,2,5,16H2,1H3. The molecule has 18 heavy (non-hydrogen) atoms. The number of benzene rings is 2. The molecule has 2 nitrogen and oxygen atoms in total. The van der Waals surface area contributed by atoms with Crippen molar-refractivity contribution >= 4 is 17.4 Å². The molecule has 2 aromatic rings. The van der Waals surface area contributed by atoms with Gasteiger partial charge in [-0.25, -0.2) is 0 Å². The van der Waals surface area contributed by atoms with E-state index < -0.39 is 0 Å². The number of hydrogen-bond acceptors (Lipinski definition) is 3. The van der Waals surface area contributed by atoms with Gasteiger partial charge >= 0.3 is 0 Å². The van der Waals surface area contributed by atoms with E-state index in [-0.39, 0.29) is 0 Å². The lowest BCUT2D eigenvalue weighted by Gasteiger charge is -2.08. The number of hydrogen-bond donors (Lipinski definition) is 2. The average molecular weight is 258 g/mol. The van der Waals surface area contributed by atoms with Gasteiger partial charge in [0.05, 0.1) is 5.69 Å². The number of para-hydroxylation sites is 1. The van der Waals surface area contributed by atoms with Gasteiger partial charge in [-0.2, -0.15) is 0 Å². The fraction of sp³-hybridized carbons (Fsp3) is 0.200. The van der Waals surface area contributed by atoms with E-state index in [2.05, 4.69) is 42.7 Å². The fourth-order valence-electron chi connectivity index (χ4n) is 1.81. The number of nitrogens with one attached hydrogen (secondary N) is 1. The van der Waals surface area contributed by atoms with Gasteiger partial charge in [0.25, 0.3) is 0 Å². The molecule has 2 aromatic carbocycles. The maximum atomic E-state index is 5.50. The Morgan fingerprint density at radius 2 is 1.78 bits per heavy atom. The Morgan fingerprint density at radius 1 is 1.06 bits per heavy atom. The molecule has 0 fully saturated rings. The van der Waals surface area contributed by atoms with E-state index >= 15 is 0 Å². The van der Waals surface area contributed by atoms with E-state index in [1.165, 1.54) is 16.9 Å². The first-order valence-corrected chi connectivity index (χ1v) is 6.97. The summed E-state index contributed by atoms with van der Waals surface area (Å²) in [6.45, 7) is 2.20. The molecule has 94 valence electrons. The van der Waals surface area contributed by atoms with Gasteiger partial charge in [0, 0.05) is 9.79 Å². The molecule has 0 aliphatic carbocycles. The highest BCUT2D eigenvalue weighted by molar-refractivity contribution is 7.99. The molecule has 0 atom stereocenters. The summed E-state index contributed by atoms with van der Waals surface area (Å²) < 4.78 is 0. The average Bonchev–Trinajstić information content (AvgIpc) is 2.42.